The second-order valence-corrected chi connectivity index (χ2v) is 9.13. The zero-order valence-electron chi connectivity index (χ0n) is 18.0. The molecule has 0 spiro atoms. The number of aromatic nitrogens is 3. The van der Waals surface area contributed by atoms with Gasteiger partial charge in [0, 0.05) is 18.7 Å². The molecule has 0 unspecified atom stereocenters. The lowest BCUT2D eigenvalue weighted by molar-refractivity contribution is -0.128. The van der Waals surface area contributed by atoms with E-state index in [1.54, 1.807) is 0 Å². The van der Waals surface area contributed by atoms with Crippen molar-refractivity contribution in [2.75, 3.05) is 18.1 Å². The fraction of sp³-hybridized carbons (Fsp3) is 0.348. The Morgan fingerprint density at radius 1 is 1.07 bits per heavy atom. The minimum absolute atomic E-state index is 0.0467. The highest BCUT2D eigenvalue weighted by atomic mass is 32.2. The number of amides is 1. The topological polar surface area (TPSA) is 77.0 Å². The lowest BCUT2D eigenvalue weighted by Gasteiger charge is -2.20. The number of hydrogen-bond acceptors (Lipinski definition) is 5. The molecule has 7 heteroatoms. The number of benzene rings is 2. The van der Waals surface area contributed by atoms with E-state index in [1.165, 1.54) is 22.0 Å². The lowest BCUT2D eigenvalue weighted by Crippen LogP contribution is -2.31. The third kappa shape index (κ3) is 5.21. The normalized spacial score (nSPS) is 11.5. The van der Waals surface area contributed by atoms with Crippen LogP contribution in [0.25, 0.3) is 11.4 Å². The number of carbonyl (C=O) groups excluding carboxylic acids is 1. The maximum absolute atomic E-state index is 12.7. The van der Waals surface area contributed by atoms with Crippen molar-refractivity contribution < 1.29 is 4.79 Å². The molecular weight excluding hydrogens is 394 g/mol. The van der Waals surface area contributed by atoms with E-state index in [2.05, 4.69) is 43.1 Å². The average molecular weight is 424 g/mol. The summed E-state index contributed by atoms with van der Waals surface area (Å²) in [6.45, 7) is 9.76. The minimum atomic E-state index is 0.0467. The molecule has 1 amide bonds. The van der Waals surface area contributed by atoms with E-state index >= 15 is 0 Å². The van der Waals surface area contributed by atoms with Gasteiger partial charge >= 0.3 is 0 Å². The highest BCUT2D eigenvalue weighted by molar-refractivity contribution is 7.99. The van der Waals surface area contributed by atoms with Crippen molar-refractivity contribution in [2.24, 2.45) is 0 Å². The Morgan fingerprint density at radius 2 is 1.73 bits per heavy atom. The molecule has 0 aliphatic rings. The molecule has 3 rings (SSSR count). The van der Waals surface area contributed by atoms with Crippen LogP contribution in [-0.4, -0.2) is 38.0 Å². The number of carbonyl (C=O) groups is 1. The molecule has 0 atom stereocenters. The Balaban J connectivity index is 1.65. The molecule has 0 aliphatic heterocycles. The molecule has 6 nitrogen and oxygen atoms in total. The summed E-state index contributed by atoms with van der Waals surface area (Å²) in [6, 6.07) is 18.2. The summed E-state index contributed by atoms with van der Waals surface area (Å²) in [5, 5.41) is 8.94. The summed E-state index contributed by atoms with van der Waals surface area (Å²) >= 11 is 1.31. The maximum Gasteiger partial charge on any atom is 0.233 e. The van der Waals surface area contributed by atoms with Gasteiger partial charge in [-0.3, -0.25) is 4.79 Å². The molecule has 0 aliphatic carbocycles. The van der Waals surface area contributed by atoms with Crippen molar-refractivity contribution in [3.63, 3.8) is 0 Å². The molecule has 2 aromatic carbocycles. The number of nitrogen functional groups attached to an aromatic ring is 1. The Labute approximate surface area is 182 Å². The van der Waals surface area contributed by atoms with E-state index in [0.29, 0.717) is 24.1 Å². The van der Waals surface area contributed by atoms with Crippen LogP contribution in [-0.2, 0) is 16.8 Å². The zero-order chi connectivity index (χ0) is 21.7. The predicted octanol–water partition coefficient (Wildman–Crippen LogP) is 4.10. The highest BCUT2D eigenvalue weighted by Crippen LogP contribution is 2.26. The number of hydrogen-bond donors (Lipinski definition) is 1. The molecule has 158 valence electrons. The van der Waals surface area contributed by atoms with Crippen LogP contribution in [0.3, 0.4) is 0 Å². The van der Waals surface area contributed by atoms with Crippen LogP contribution in [0.1, 0.15) is 38.8 Å². The largest absolute Gasteiger partial charge is 0.338 e. The number of nitrogens with two attached hydrogens (primary N) is 1. The van der Waals surface area contributed by atoms with Crippen molar-refractivity contribution in [3.05, 3.63) is 65.7 Å². The SMILES string of the molecule is CCN(Cc1ccccc1)C(=O)CSc1nnc(-c2ccc(C(C)(C)C)cc2)n1N. The summed E-state index contributed by atoms with van der Waals surface area (Å²) in [5.74, 6) is 7.12. The molecule has 1 aromatic heterocycles. The van der Waals surface area contributed by atoms with E-state index in [9.17, 15) is 4.79 Å². The summed E-state index contributed by atoms with van der Waals surface area (Å²) in [6.07, 6.45) is 0. The highest BCUT2D eigenvalue weighted by Gasteiger charge is 2.18. The smallest absolute Gasteiger partial charge is 0.233 e. The second-order valence-electron chi connectivity index (χ2n) is 8.19. The van der Waals surface area contributed by atoms with Crippen molar-refractivity contribution in [2.45, 2.75) is 44.8 Å². The van der Waals surface area contributed by atoms with Crippen LogP contribution in [0.5, 0.6) is 0 Å². The zero-order valence-corrected chi connectivity index (χ0v) is 18.8. The second kappa shape index (κ2) is 9.34. The van der Waals surface area contributed by atoms with Gasteiger partial charge in [-0.05, 0) is 23.5 Å². The standard InChI is InChI=1S/C23H29N5OS/c1-5-27(15-17-9-7-6-8-10-17)20(29)16-30-22-26-25-21(28(22)24)18-11-13-19(14-12-18)23(2,3)4/h6-14H,5,15-16,24H2,1-4H3. The Morgan fingerprint density at radius 3 is 2.33 bits per heavy atom. The third-order valence-corrected chi connectivity index (χ3v) is 5.88. The molecule has 0 fully saturated rings. The number of thioether (sulfide) groups is 1. The van der Waals surface area contributed by atoms with Crippen LogP contribution in [0.15, 0.2) is 59.8 Å². The fourth-order valence-electron chi connectivity index (χ4n) is 3.09. The fourth-order valence-corrected chi connectivity index (χ4v) is 3.85. The maximum atomic E-state index is 12.7. The molecule has 1 heterocycles. The monoisotopic (exact) mass is 423 g/mol. The quantitative estimate of drug-likeness (QED) is 0.457. The van der Waals surface area contributed by atoms with E-state index in [4.69, 9.17) is 5.84 Å². The van der Waals surface area contributed by atoms with E-state index in [0.717, 1.165) is 11.1 Å². The number of nitrogens with zero attached hydrogens (tertiary/aromatic N) is 4. The Kier molecular flexibility index (Phi) is 6.82. The third-order valence-electron chi connectivity index (χ3n) is 4.95. The van der Waals surface area contributed by atoms with E-state index < -0.39 is 0 Å². The summed E-state index contributed by atoms with van der Waals surface area (Å²) in [7, 11) is 0. The lowest BCUT2D eigenvalue weighted by atomic mass is 9.87. The molecule has 0 saturated heterocycles. The van der Waals surface area contributed by atoms with Gasteiger partial charge in [0.15, 0.2) is 5.82 Å². The average Bonchev–Trinajstić information content (AvgIpc) is 3.10. The van der Waals surface area contributed by atoms with Gasteiger partial charge in [0.1, 0.15) is 0 Å². The molecule has 0 saturated carbocycles. The molecular formula is C23H29N5OS. The minimum Gasteiger partial charge on any atom is -0.338 e. The summed E-state index contributed by atoms with van der Waals surface area (Å²) < 4.78 is 1.46. The van der Waals surface area contributed by atoms with E-state index in [-0.39, 0.29) is 17.1 Å². The van der Waals surface area contributed by atoms with Crippen molar-refractivity contribution in [3.8, 4) is 11.4 Å². The Bertz CT molecular complexity index is 977. The van der Waals surface area contributed by atoms with Gasteiger partial charge in [-0.15, -0.1) is 10.2 Å². The molecule has 0 radical (unpaired) electrons. The molecule has 2 N–H and O–H groups in total. The van der Waals surface area contributed by atoms with Crippen LogP contribution in [0.2, 0.25) is 0 Å². The first kappa shape index (κ1) is 21.9. The van der Waals surface area contributed by atoms with Gasteiger partial charge in [-0.2, -0.15) is 0 Å². The van der Waals surface area contributed by atoms with Crippen LogP contribution >= 0.6 is 11.8 Å². The summed E-state index contributed by atoms with van der Waals surface area (Å²) in [5.41, 5.74) is 3.34. The van der Waals surface area contributed by atoms with E-state index in [1.807, 2.05) is 54.3 Å². The van der Waals surface area contributed by atoms with Gasteiger partial charge in [0.25, 0.3) is 0 Å². The molecule has 3 aromatic rings. The van der Waals surface area contributed by atoms with Gasteiger partial charge in [0.05, 0.1) is 5.75 Å². The van der Waals surface area contributed by atoms with Crippen LogP contribution in [0.4, 0.5) is 0 Å². The van der Waals surface area contributed by atoms with Crippen molar-refractivity contribution >= 4 is 17.7 Å². The van der Waals surface area contributed by atoms with Gasteiger partial charge < -0.3 is 10.7 Å². The first-order valence-corrected chi connectivity index (χ1v) is 11.0. The predicted molar refractivity (Wildman–Crippen MR) is 123 cm³/mol. The molecule has 0 bridgehead atoms. The van der Waals surface area contributed by atoms with Crippen LogP contribution in [0, 0.1) is 0 Å². The van der Waals surface area contributed by atoms with Gasteiger partial charge in [-0.1, -0.05) is 87.1 Å². The van der Waals surface area contributed by atoms with Crippen LogP contribution < -0.4 is 5.84 Å². The number of rotatable bonds is 7. The first-order chi connectivity index (χ1) is 14.3. The van der Waals surface area contributed by atoms with Gasteiger partial charge in [-0.25, -0.2) is 4.68 Å². The van der Waals surface area contributed by atoms with Crippen molar-refractivity contribution in [1.29, 1.82) is 0 Å². The van der Waals surface area contributed by atoms with Crippen molar-refractivity contribution in [1.82, 2.24) is 19.8 Å². The van der Waals surface area contributed by atoms with Gasteiger partial charge in [0.2, 0.25) is 11.1 Å². The Hall–Kier alpha value is -2.80. The first-order valence-electron chi connectivity index (χ1n) is 10.1. The molecule has 30 heavy (non-hydrogen) atoms. The summed E-state index contributed by atoms with van der Waals surface area (Å²) in [4.78, 5) is 14.5.